The second-order valence-electron chi connectivity index (χ2n) is 8.30. The van der Waals surface area contributed by atoms with Gasteiger partial charge in [0.25, 0.3) is 0 Å². The van der Waals surface area contributed by atoms with Gasteiger partial charge in [-0.1, -0.05) is 24.3 Å². The Kier molecular flexibility index (Phi) is 4.98. The third-order valence-corrected chi connectivity index (χ3v) is 6.78. The topological polar surface area (TPSA) is 40.6 Å². The summed E-state index contributed by atoms with van der Waals surface area (Å²) in [5, 5.41) is 0. The van der Waals surface area contributed by atoms with Gasteiger partial charge in [-0.3, -0.25) is 14.5 Å². The normalized spacial score (nSPS) is 30.3. The van der Waals surface area contributed by atoms with Crippen LogP contribution in [0.25, 0.3) is 0 Å². The molecule has 2 heterocycles. The number of ketones is 2. The number of fused-ring (bicyclic) bond motifs is 1. The Morgan fingerprint density at radius 2 is 1.85 bits per heavy atom. The van der Waals surface area contributed by atoms with Gasteiger partial charge in [-0.2, -0.15) is 0 Å². The number of piperidine rings is 1. The predicted molar refractivity (Wildman–Crippen MR) is 103 cm³/mol. The fourth-order valence-electron chi connectivity index (χ4n) is 5.36. The van der Waals surface area contributed by atoms with Crippen molar-refractivity contribution < 1.29 is 9.59 Å². The number of carbonyl (C=O) groups is 2. The molecule has 0 saturated carbocycles. The van der Waals surface area contributed by atoms with Crippen molar-refractivity contribution in [2.75, 3.05) is 26.2 Å². The van der Waals surface area contributed by atoms with Gasteiger partial charge < -0.3 is 4.90 Å². The molecule has 1 aromatic rings. The van der Waals surface area contributed by atoms with Crippen LogP contribution in [-0.4, -0.2) is 59.1 Å². The molecule has 4 nitrogen and oxygen atoms in total. The maximum atomic E-state index is 13.3. The lowest BCUT2D eigenvalue weighted by atomic mass is 9.77. The van der Waals surface area contributed by atoms with Crippen LogP contribution in [0, 0.1) is 0 Å². The number of benzene rings is 1. The van der Waals surface area contributed by atoms with Gasteiger partial charge in [0.15, 0.2) is 11.6 Å². The third-order valence-electron chi connectivity index (χ3n) is 6.78. The Bertz CT molecular complexity index is 695. The van der Waals surface area contributed by atoms with E-state index in [1.807, 2.05) is 18.2 Å². The summed E-state index contributed by atoms with van der Waals surface area (Å²) in [5.74, 6) is 0.469. The summed E-state index contributed by atoms with van der Waals surface area (Å²) < 4.78 is 0. The fraction of sp³-hybridized carbons (Fsp3) is 0.636. The van der Waals surface area contributed by atoms with E-state index >= 15 is 0 Å². The zero-order valence-corrected chi connectivity index (χ0v) is 15.9. The minimum Gasteiger partial charge on any atom is -0.301 e. The average molecular weight is 354 g/mol. The average Bonchev–Trinajstić information content (AvgIpc) is 3.16. The van der Waals surface area contributed by atoms with E-state index in [2.05, 4.69) is 15.9 Å². The Morgan fingerprint density at radius 3 is 2.62 bits per heavy atom. The number of aryl methyl sites for hydroxylation is 1. The second-order valence-corrected chi connectivity index (χ2v) is 8.30. The van der Waals surface area contributed by atoms with Crippen molar-refractivity contribution in [1.82, 2.24) is 9.80 Å². The van der Waals surface area contributed by atoms with Gasteiger partial charge in [0.1, 0.15) is 0 Å². The maximum absolute atomic E-state index is 13.3. The van der Waals surface area contributed by atoms with E-state index in [4.69, 9.17) is 0 Å². The number of hydrogen-bond acceptors (Lipinski definition) is 4. The van der Waals surface area contributed by atoms with Crippen molar-refractivity contribution in [2.24, 2.45) is 0 Å². The van der Waals surface area contributed by atoms with Crippen LogP contribution in [-0.2, 0) is 11.2 Å². The van der Waals surface area contributed by atoms with Crippen LogP contribution in [0.1, 0.15) is 61.4 Å². The van der Waals surface area contributed by atoms with E-state index in [1.165, 1.54) is 18.4 Å². The molecule has 0 N–H and O–H groups in total. The molecule has 4 rings (SSSR count). The Balaban J connectivity index is 1.66. The molecular formula is C22H30N2O2. The molecule has 140 valence electrons. The van der Waals surface area contributed by atoms with Crippen LogP contribution in [0.5, 0.6) is 0 Å². The molecule has 3 aliphatic rings. The highest BCUT2D eigenvalue weighted by atomic mass is 16.1. The quantitative estimate of drug-likeness (QED) is 0.833. The molecule has 0 radical (unpaired) electrons. The van der Waals surface area contributed by atoms with E-state index in [1.54, 1.807) is 6.92 Å². The molecule has 0 bridgehead atoms. The van der Waals surface area contributed by atoms with Gasteiger partial charge in [0.2, 0.25) is 0 Å². The van der Waals surface area contributed by atoms with Crippen LogP contribution in [0.4, 0.5) is 0 Å². The monoisotopic (exact) mass is 354 g/mol. The van der Waals surface area contributed by atoms with Crippen molar-refractivity contribution in [1.29, 1.82) is 0 Å². The fourth-order valence-corrected chi connectivity index (χ4v) is 5.36. The van der Waals surface area contributed by atoms with Crippen LogP contribution in [0.2, 0.25) is 0 Å². The van der Waals surface area contributed by atoms with Gasteiger partial charge in [0.05, 0.1) is 11.6 Å². The second kappa shape index (κ2) is 7.24. The van der Waals surface area contributed by atoms with Gasteiger partial charge >= 0.3 is 0 Å². The van der Waals surface area contributed by atoms with Gasteiger partial charge in [-0.05, 0) is 77.1 Å². The predicted octanol–water partition coefficient (Wildman–Crippen LogP) is 3.09. The summed E-state index contributed by atoms with van der Waals surface area (Å²) in [5.41, 5.74) is 1.56. The molecule has 2 saturated heterocycles. The first-order valence-electron chi connectivity index (χ1n) is 10.2. The first-order valence-corrected chi connectivity index (χ1v) is 10.2. The Morgan fingerprint density at radius 1 is 1.12 bits per heavy atom. The van der Waals surface area contributed by atoms with Crippen molar-refractivity contribution in [3.05, 3.63) is 35.4 Å². The molecular weight excluding hydrogens is 324 g/mol. The van der Waals surface area contributed by atoms with E-state index in [0.717, 1.165) is 63.8 Å². The van der Waals surface area contributed by atoms with Crippen molar-refractivity contribution >= 4 is 11.6 Å². The smallest absolute Gasteiger partial charge is 0.180 e. The zero-order valence-electron chi connectivity index (χ0n) is 15.9. The van der Waals surface area contributed by atoms with Crippen molar-refractivity contribution in [2.45, 2.75) is 63.5 Å². The summed E-state index contributed by atoms with van der Waals surface area (Å²) >= 11 is 0. The number of nitrogens with zero attached hydrogens (tertiary/aromatic N) is 2. The molecule has 1 aromatic carbocycles. The minimum absolute atomic E-state index is 0.142. The van der Waals surface area contributed by atoms with Crippen LogP contribution >= 0.6 is 0 Å². The van der Waals surface area contributed by atoms with Gasteiger partial charge in [0, 0.05) is 12.1 Å². The van der Waals surface area contributed by atoms with Gasteiger partial charge in [-0.15, -0.1) is 0 Å². The van der Waals surface area contributed by atoms with E-state index in [-0.39, 0.29) is 17.6 Å². The van der Waals surface area contributed by atoms with E-state index in [9.17, 15) is 9.59 Å². The number of hydrogen-bond donors (Lipinski definition) is 0. The molecule has 26 heavy (non-hydrogen) atoms. The number of carbonyl (C=O) groups excluding carboxylic acids is 2. The lowest BCUT2D eigenvalue weighted by Gasteiger charge is -2.51. The molecule has 2 atom stereocenters. The molecule has 1 aliphatic carbocycles. The third kappa shape index (κ3) is 3.03. The highest BCUT2D eigenvalue weighted by Gasteiger charge is 2.49. The van der Waals surface area contributed by atoms with Crippen molar-refractivity contribution in [3.8, 4) is 0 Å². The zero-order chi connectivity index (χ0) is 18.1. The lowest BCUT2D eigenvalue weighted by Crippen LogP contribution is -2.66. The van der Waals surface area contributed by atoms with Crippen LogP contribution < -0.4 is 0 Å². The molecule has 0 amide bonds. The Labute approximate surface area is 156 Å². The summed E-state index contributed by atoms with van der Waals surface area (Å²) in [4.78, 5) is 31.0. The summed E-state index contributed by atoms with van der Waals surface area (Å²) in [6.45, 7) is 5.59. The minimum atomic E-state index is -0.477. The molecule has 0 aromatic heterocycles. The summed E-state index contributed by atoms with van der Waals surface area (Å²) in [6, 6.07) is 7.86. The standard InChI is InChI=1S/C22H30N2O2/c1-17(25)22(16-23-13-6-7-14-23)12-4-5-15-24(22)20-11-10-18-8-2-3-9-19(18)21(20)26/h2-3,8-9,20H,4-7,10-16H2,1H3/t20?,22-/m0/s1. The number of Topliss-reactive ketones (excluding diaryl/α,β-unsaturated/α-hetero) is 2. The summed E-state index contributed by atoms with van der Waals surface area (Å²) in [6.07, 6.45) is 7.28. The number of likely N-dealkylation sites (tertiary alicyclic amines) is 2. The van der Waals surface area contributed by atoms with E-state index < -0.39 is 5.54 Å². The van der Waals surface area contributed by atoms with Gasteiger partial charge in [-0.25, -0.2) is 0 Å². The molecule has 0 spiro atoms. The number of rotatable bonds is 4. The molecule has 1 unspecified atom stereocenters. The van der Waals surface area contributed by atoms with Crippen LogP contribution in [0.15, 0.2) is 24.3 Å². The maximum Gasteiger partial charge on any atom is 0.180 e. The molecule has 2 fully saturated rings. The first-order chi connectivity index (χ1) is 12.6. The largest absolute Gasteiger partial charge is 0.301 e. The molecule has 4 heteroatoms. The highest BCUT2D eigenvalue weighted by molar-refractivity contribution is 6.03. The lowest BCUT2D eigenvalue weighted by molar-refractivity contribution is -0.135. The SMILES string of the molecule is CC(=O)[C@@]1(CN2CCCC2)CCCCN1C1CCc2ccccc2C1=O. The van der Waals surface area contributed by atoms with Crippen molar-refractivity contribution in [3.63, 3.8) is 0 Å². The first kappa shape index (κ1) is 17.9. The highest BCUT2D eigenvalue weighted by Crippen LogP contribution is 2.37. The van der Waals surface area contributed by atoms with E-state index in [0.29, 0.717) is 0 Å². The van der Waals surface area contributed by atoms with Crippen LogP contribution in [0.3, 0.4) is 0 Å². The Hall–Kier alpha value is -1.52. The molecule has 2 aliphatic heterocycles. The summed E-state index contributed by atoms with van der Waals surface area (Å²) in [7, 11) is 0.